The molecule has 140 valence electrons. The Morgan fingerprint density at radius 3 is 2.12 bits per heavy atom. The van der Waals surface area contributed by atoms with E-state index in [0.29, 0.717) is 18.2 Å². The number of amides is 1. The summed E-state index contributed by atoms with van der Waals surface area (Å²) >= 11 is 0. The highest BCUT2D eigenvalue weighted by atomic mass is 32.2. The van der Waals surface area contributed by atoms with Crippen LogP contribution in [0.3, 0.4) is 0 Å². The Bertz CT molecular complexity index is 843. The molecule has 0 aliphatic carbocycles. The maximum absolute atomic E-state index is 13.3. The van der Waals surface area contributed by atoms with Crippen molar-refractivity contribution in [1.82, 2.24) is 9.62 Å². The minimum atomic E-state index is -4.12. The third-order valence-electron chi connectivity index (χ3n) is 3.99. The topological polar surface area (TPSA) is 101 Å². The fraction of sp³-hybridized carbons (Fsp3) is 0.500. The van der Waals surface area contributed by atoms with Gasteiger partial charge < -0.3 is 5.32 Å². The zero-order valence-corrected chi connectivity index (χ0v) is 15.0. The first kappa shape index (κ1) is 19.7. The molecule has 0 bridgehead atoms. The standard InChI is InChI=1S/C14H18F2N2O5S2/c1-17-14(19)9-24(20,21)12-2-4-18(5-3-12)25(22,23)13-7-10(15)6-11(16)8-13/h6-8,12H,2-5,9H2,1H3,(H,17,19). The van der Waals surface area contributed by atoms with Crippen molar-refractivity contribution in [2.45, 2.75) is 23.0 Å². The lowest BCUT2D eigenvalue weighted by molar-refractivity contribution is -0.118. The monoisotopic (exact) mass is 396 g/mol. The first-order valence-corrected chi connectivity index (χ1v) is 10.6. The molecule has 1 amide bonds. The third-order valence-corrected chi connectivity index (χ3v) is 8.02. The number of benzene rings is 1. The highest BCUT2D eigenvalue weighted by molar-refractivity contribution is 7.92. The second-order valence-electron chi connectivity index (χ2n) is 5.69. The van der Waals surface area contributed by atoms with E-state index >= 15 is 0 Å². The predicted molar refractivity (Wildman–Crippen MR) is 86.0 cm³/mol. The van der Waals surface area contributed by atoms with Gasteiger partial charge in [-0.25, -0.2) is 25.6 Å². The van der Waals surface area contributed by atoms with Crippen molar-refractivity contribution in [3.63, 3.8) is 0 Å². The van der Waals surface area contributed by atoms with Crippen molar-refractivity contribution in [3.8, 4) is 0 Å². The Morgan fingerprint density at radius 2 is 1.64 bits per heavy atom. The number of sulfone groups is 1. The second-order valence-corrected chi connectivity index (χ2v) is 9.91. The van der Waals surface area contributed by atoms with Gasteiger partial charge in [0.1, 0.15) is 17.4 Å². The fourth-order valence-corrected chi connectivity index (χ4v) is 5.82. The van der Waals surface area contributed by atoms with E-state index in [1.54, 1.807) is 0 Å². The Morgan fingerprint density at radius 1 is 1.12 bits per heavy atom. The number of piperidine rings is 1. The molecule has 1 N–H and O–H groups in total. The number of carbonyl (C=O) groups excluding carboxylic acids is 1. The van der Waals surface area contributed by atoms with Gasteiger partial charge in [0.2, 0.25) is 15.9 Å². The van der Waals surface area contributed by atoms with Gasteiger partial charge in [0.15, 0.2) is 9.84 Å². The average Bonchev–Trinajstić information content (AvgIpc) is 2.53. The van der Waals surface area contributed by atoms with Gasteiger partial charge in [0.25, 0.3) is 0 Å². The summed E-state index contributed by atoms with van der Waals surface area (Å²) in [6, 6.07) is 2.00. The summed E-state index contributed by atoms with van der Waals surface area (Å²) in [6.07, 6.45) is 0.0205. The molecule has 0 aromatic heterocycles. The van der Waals surface area contributed by atoms with Crippen LogP contribution in [0.25, 0.3) is 0 Å². The van der Waals surface area contributed by atoms with Gasteiger partial charge in [-0.15, -0.1) is 0 Å². The lowest BCUT2D eigenvalue weighted by atomic mass is 10.2. The molecule has 1 heterocycles. The summed E-state index contributed by atoms with van der Waals surface area (Å²) in [5.74, 6) is -3.32. The maximum Gasteiger partial charge on any atom is 0.243 e. The molecule has 11 heteroatoms. The van der Waals surface area contributed by atoms with Crippen molar-refractivity contribution in [3.05, 3.63) is 29.8 Å². The lowest BCUT2D eigenvalue weighted by Gasteiger charge is -2.30. The summed E-state index contributed by atoms with van der Waals surface area (Å²) in [6.45, 7) is -0.226. The highest BCUT2D eigenvalue weighted by Gasteiger charge is 2.36. The average molecular weight is 396 g/mol. The SMILES string of the molecule is CNC(=O)CS(=O)(=O)C1CCN(S(=O)(=O)c2cc(F)cc(F)c2)CC1. The molecule has 1 aliphatic rings. The molecule has 2 rings (SSSR count). The molecular formula is C14H18F2N2O5S2. The summed E-state index contributed by atoms with van der Waals surface area (Å²) in [5, 5.41) is 1.40. The Labute approximate surface area is 145 Å². The van der Waals surface area contributed by atoms with Crippen molar-refractivity contribution in [1.29, 1.82) is 0 Å². The van der Waals surface area contributed by atoms with E-state index in [9.17, 15) is 30.4 Å². The van der Waals surface area contributed by atoms with Gasteiger partial charge in [-0.1, -0.05) is 0 Å². The zero-order chi connectivity index (χ0) is 18.8. The molecule has 7 nitrogen and oxygen atoms in total. The maximum atomic E-state index is 13.3. The summed E-state index contributed by atoms with van der Waals surface area (Å²) < 4.78 is 76.7. The number of halogens is 2. The summed E-state index contributed by atoms with van der Waals surface area (Å²) in [7, 11) is -6.50. The largest absolute Gasteiger partial charge is 0.358 e. The number of carbonyl (C=O) groups is 1. The highest BCUT2D eigenvalue weighted by Crippen LogP contribution is 2.25. The smallest absolute Gasteiger partial charge is 0.243 e. The number of nitrogens with zero attached hydrogens (tertiary/aromatic N) is 1. The molecule has 1 aromatic carbocycles. The van der Waals surface area contributed by atoms with Crippen LogP contribution in [0.15, 0.2) is 23.1 Å². The molecule has 1 aliphatic heterocycles. The Hall–Kier alpha value is -1.59. The van der Waals surface area contributed by atoms with Crippen LogP contribution < -0.4 is 5.32 Å². The van der Waals surface area contributed by atoms with E-state index in [-0.39, 0.29) is 25.9 Å². The van der Waals surface area contributed by atoms with Crippen LogP contribution in [0.2, 0.25) is 0 Å². The van der Waals surface area contributed by atoms with Crippen LogP contribution in [0.4, 0.5) is 8.78 Å². The van der Waals surface area contributed by atoms with E-state index in [1.807, 2.05) is 0 Å². The molecular weight excluding hydrogens is 378 g/mol. The van der Waals surface area contributed by atoms with Crippen molar-refractivity contribution in [2.75, 3.05) is 25.9 Å². The minimum Gasteiger partial charge on any atom is -0.358 e. The van der Waals surface area contributed by atoms with Gasteiger partial charge in [-0.05, 0) is 25.0 Å². The molecule has 0 unspecified atom stereocenters. The van der Waals surface area contributed by atoms with Crippen LogP contribution >= 0.6 is 0 Å². The number of nitrogens with one attached hydrogen (secondary N) is 1. The third kappa shape index (κ3) is 4.53. The van der Waals surface area contributed by atoms with Gasteiger partial charge in [-0.3, -0.25) is 4.79 Å². The number of hydrogen-bond donors (Lipinski definition) is 1. The van der Waals surface area contributed by atoms with E-state index in [0.717, 1.165) is 4.31 Å². The van der Waals surface area contributed by atoms with Crippen molar-refractivity contribution >= 4 is 25.8 Å². The zero-order valence-electron chi connectivity index (χ0n) is 13.4. The fourth-order valence-electron chi connectivity index (χ4n) is 2.63. The van der Waals surface area contributed by atoms with Crippen LogP contribution in [-0.2, 0) is 24.7 Å². The van der Waals surface area contributed by atoms with Gasteiger partial charge >= 0.3 is 0 Å². The quantitative estimate of drug-likeness (QED) is 0.771. The predicted octanol–water partition coefficient (Wildman–Crippen LogP) is 0.279. The number of rotatable bonds is 5. The van der Waals surface area contributed by atoms with Crippen LogP contribution in [0.1, 0.15) is 12.8 Å². The molecule has 0 spiro atoms. The van der Waals surface area contributed by atoms with Gasteiger partial charge in [-0.2, -0.15) is 4.31 Å². The van der Waals surface area contributed by atoms with E-state index in [1.165, 1.54) is 7.05 Å². The van der Waals surface area contributed by atoms with Crippen LogP contribution in [0.5, 0.6) is 0 Å². The van der Waals surface area contributed by atoms with E-state index < -0.39 is 53.3 Å². The first-order chi connectivity index (χ1) is 11.6. The lowest BCUT2D eigenvalue weighted by Crippen LogP contribution is -2.44. The Balaban J connectivity index is 2.12. The van der Waals surface area contributed by atoms with E-state index in [4.69, 9.17) is 0 Å². The van der Waals surface area contributed by atoms with E-state index in [2.05, 4.69) is 5.32 Å². The van der Waals surface area contributed by atoms with Crippen molar-refractivity contribution in [2.24, 2.45) is 0 Å². The first-order valence-electron chi connectivity index (χ1n) is 7.44. The van der Waals surface area contributed by atoms with Crippen molar-refractivity contribution < 1.29 is 30.4 Å². The molecule has 0 saturated carbocycles. The summed E-state index contributed by atoms with van der Waals surface area (Å²) in [4.78, 5) is 10.8. The number of hydrogen-bond acceptors (Lipinski definition) is 5. The molecule has 1 saturated heterocycles. The van der Waals surface area contributed by atoms with Gasteiger partial charge in [0, 0.05) is 26.2 Å². The second kappa shape index (κ2) is 7.34. The molecule has 1 aromatic rings. The molecule has 1 fully saturated rings. The molecule has 25 heavy (non-hydrogen) atoms. The summed E-state index contributed by atoms with van der Waals surface area (Å²) in [5.41, 5.74) is 0. The Kier molecular flexibility index (Phi) is 5.79. The van der Waals surface area contributed by atoms with Crippen LogP contribution in [-0.4, -0.2) is 58.2 Å². The normalized spacial score (nSPS) is 17.4. The molecule has 0 radical (unpaired) electrons. The minimum absolute atomic E-state index is 0.0103. The number of sulfonamides is 1. The molecule has 0 atom stereocenters. The van der Waals surface area contributed by atoms with Crippen LogP contribution in [0, 0.1) is 11.6 Å². The van der Waals surface area contributed by atoms with Gasteiger partial charge in [0.05, 0.1) is 10.1 Å².